The molecule has 17 heavy (non-hydrogen) atoms. The SMILES string of the molecule is CCc1cccc(N=S=O)c1CONC(=O)I. The molecule has 1 rings (SSSR count). The molecule has 1 amide bonds. The van der Waals surface area contributed by atoms with Crippen LogP contribution in [0.5, 0.6) is 0 Å². The van der Waals surface area contributed by atoms with Crippen LogP contribution in [0.1, 0.15) is 18.1 Å². The number of halogens is 1. The summed E-state index contributed by atoms with van der Waals surface area (Å²) in [5, 5.41) is 0. The van der Waals surface area contributed by atoms with Crippen molar-refractivity contribution in [3.63, 3.8) is 0 Å². The van der Waals surface area contributed by atoms with Crippen molar-refractivity contribution in [2.75, 3.05) is 0 Å². The topological polar surface area (TPSA) is 67.8 Å². The number of benzene rings is 1. The maximum atomic E-state index is 10.7. The zero-order valence-electron chi connectivity index (χ0n) is 9.10. The Bertz CT molecular complexity index is 461. The molecule has 0 heterocycles. The summed E-state index contributed by atoms with van der Waals surface area (Å²) in [5.74, 6) is 0. The maximum Gasteiger partial charge on any atom is 0.304 e. The fourth-order valence-electron chi connectivity index (χ4n) is 1.41. The number of hydrogen-bond acceptors (Lipinski definition) is 4. The minimum Gasteiger partial charge on any atom is -0.268 e. The summed E-state index contributed by atoms with van der Waals surface area (Å²) in [6.45, 7) is 2.20. The normalized spacial score (nSPS) is 9.76. The van der Waals surface area contributed by atoms with Crippen molar-refractivity contribution >= 4 is 43.7 Å². The van der Waals surface area contributed by atoms with Gasteiger partial charge < -0.3 is 0 Å². The highest BCUT2D eigenvalue weighted by molar-refractivity contribution is 14.1. The highest BCUT2D eigenvalue weighted by Gasteiger charge is 2.07. The molecule has 0 aliphatic heterocycles. The molecule has 0 bridgehead atoms. The summed E-state index contributed by atoms with van der Waals surface area (Å²) in [6, 6.07) is 5.53. The van der Waals surface area contributed by atoms with Gasteiger partial charge in [0.1, 0.15) is 6.61 Å². The van der Waals surface area contributed by atoms with E-state index < -0.39 is 0 Å². The molecule has 0 fully saturated rings. The second-order valence-corrected chi connectivity index (χ2v) is 4.41. The predicted molar refractivity (Wildman–Crippen MR) is 73.4 cm³/mol. The van der Waals surface area contributed by atoms with Crippen LogP contribution in [0.15, 0.2) is 22.6 Å². The molecule has 0 saturated heterocycles. The van der Waals surface area contributed by atoms with Crippen LogP contribution in [0.4, 0.5) is 10.5 Å². The van der Waals surface area contributed by atoms with Crippen LogP contribution in [-0.4, -0.2) is 8.12 Å². The molecule has 1 N–H and O–H groups in total. The number of hydroxylamine groups is 1. The zero-order valence-corrected chi connectivity index (χ0v) is 12.1. The van der Waals surface area contributed by atoms with Crippen LogP contribution >= 0.6 is 22.6 Å². The molecular formula is C10H11IN2O3S. The van der Waals surface area contributed by atoms with Gasteiger partial charge in [-0.15, -0.1) is 0 Å². The Morgan fingerprint density at radius 2 is 2.35 bits per heavy atom. The minimum absolute atomic E-state index is 0.158. The Kier molecular flexibility index (Phi) is 6.30. The first-order valence-corrected chi connectivity index (χ1v) is 6.64. The Labute approximate surface area is 116 Å². The summed E-state index contributed by atoms with van der Waals surface area (Å²) in [7, 11) is 0. The lowest BCUT2D eigenvalue weighted by Gasteiger charge is -2.10. The van der Waals surface area contributed by atoms with Gasteiger partial charge in [0.2, 0.25) is 11.5 Å². The number of hydrogen-bond donors (Lipinski definition) is 1. The summed E-state index contributed by atoms with van der Waals surface area (Å²) in [6.07, 6.45) is 0.809. The van der Waals surface area contributed by atoms with Crippen LogP contribution in [-0.2, 0) is 29.3 Å². The van der Waals surface area contributed by atoms with E-state index in [1.807, 2.05) is 19.1 Å². The van der Waals surface area contributed by atoms with E-state index in [4.69, 9.17) is 4.84 Å². The second-order valence-electron chi connectivity index (χ2n) is 3.10. The quantitative estimate of drug-likeness (QED) is 0.377. The van der Waals surface area contributed by atoms with E-state index >= 15 is 0 Å². The lowest BCUT2D eigenvalue weighted by Crippen LogP contribution is -2.16. The highest BCUT2D eigenvalue weighted by Crippen LogP contribution is 2.24. The molecule has 5 nitrogen and oxygen atoms in total. The molecule has 0 spiro atoms. The van der Waals surface area contributed by atoms with Gasteiger partial charge in [0.05, 0.1) is 5.69 Å². The van der Waals surface area contributed by atoms with Crippen molar-refractivity contribution in [1.82, 2.24) is 5.48 Å². The van der Waals surface area contributed by atoms with Gasteiger partial charge in [-0.2, -0.15) is 8.57 Å². The third-order valence-corrected chi connectivity index (χ3v) is 2.63. The minimum atomic E-state index is -0.298. The fraction of sp³-hybridized carbons (Fsp3) is 0.300. The Morgan fingerprint density at radius 1 is 1.59 bits per heavy atom. The average Bonchev–Trinajstić information content (AvgIpc) is 2.30. The molecule has 0 atom stereocenters. The van der Waals surface area contributed by atoms with Gasteiger partial charge in [0.15, 0.2) is 0 Å². The molecule has 1 aromatic carbocycles. The number of nitrogens with one attached hydrogen (secondary N) is 1. The van der Waals surface area contributed by atoms with Crippen LogP contribution < -0.4 is 5.48 Å². The first-order valence-electron chi connectivity index (χ1n) is 4.87. The Morgan fingerprint density at radius 3 is 2.94 bits per heavy atom. The van der Waals surface area contributed by atoms with E-state index in [-0.39, 0.29) is 22.0 Å². The average molecular weight is 366 g/mol. The summed E-state index contributed by atoms with van der Waals surface area (Å²) >= 11 is 1.73. The number of nitrogens with zero attached hydrogens (tertiary/aromatic N) is 1. The van der Waals surface area contributed by atoms with Crippen LogP contribution in [0.25, 0.3) is 0 Å². The largest absolute Gasteiger partial charge is 0.304 e. The number of aryl methyl sites for hydroxylation is 1. The molecule has 0 unspecified atom stereocenters. The second kappa shape index (κ2) is 7.51. The molecule has 0 aliphatic rings. The zero-order chi connectivity index (χ0) is 12.7. The number of carbonyl (C=O) groups is 1. The lowest BCUT2D eigenvalue weighted by molar-refractivity contribution is 0.0586. The molecule has 0 aromatic heterocycles. The van der Waals surface area contributed by atoms with Crippen LogP contribution in [0.2, 0.25) is 0 Å². The van der Waals surface area contributed by atoms with Gasteiger partial charge in [-0.25, -0.2) is 5.48 Å². The monoisotopic (exact) mass is 366 g/mol. The molecule has 92 valence electrons. The van der Waals surface area contributed by atoms with Gasteiger partial charge in [0, 0.05) is 28.2 Å². The summed E-state index contributed by atoms with van der Waals surface area (Å²) < 4.78 is 14.0. The Balaban J connectivity index is 2.92. The van der Waals surface area contributed by atoms with Gasteiger partial charge >= 0.3 is 3.91 Å². The lowest BCUT2D eigenvalue weighted by atomic mass is 10.0. The van der Waals surface area contributed by atoms with E-state index in [9.17, 15) is 9.00 Å². The van der Waals surface area contributed by atoms with Gasteiger partial charge in [-0.1, -0.05) is 19.1 Å². The fourth-order valence-corrected chi connectivity index (χ4v) is 1.82. The molecular weight excluding hydrogens is 355 g/mol. The summed E-state index contributed by atoms with van der Waals surface area (Å²) in [4.78, 5) is 15.7. The number of amides is 1. The van der Waals surface area contributed by atoms with Gasteiger partial charge in [-0.05, 0) is 18.1 Å². The van der Waals surface area contributed by atoms with E-state index in [2.05, 4.69) is 9.84 Å². The Hall–Kier alpha value is -0.800. The highest BCUT2D eigenvalue weighted by atomic mass is 127. The maximum absolute atomic E-state index is 10.7. The predicted octanol–water partition coefficient (Wildman–Crippen LogP) is 2.85. The first kappa shape index (κ1) is 14.3. The van der Waals surface area contributed by atoms with Crippen molar-refractivity contribution in [3.05, 3.63) is 29.3 Å². The van der Waals surface area contributed by atoms with Crippen molar-refractivity contribution in [2.45, 2.75) is 20.0 Å². The molecule has 0 radical (unpaired) electrons. The van der Waals surface area contributed by atoms with Crippen LogP contribution in [0.3, 0.4) is 0 Å². The van der Waals surface area contributed by atoms with E-state index in [1.54, 1.807) is 28.7 Å². The van der Waals surface area contributed by atoms with Crippen LogP contribution in [0, 0.1) is 0 Å². The molecule has 0 saturated carbocycles. The smallest absolute Gasteiger partial charge is 0.268 e. The third kappa shape index (κ3) is 4.52. The first-order chi connectivity index (χ1) is 8.19. The summed E-state index contributed by atoms with van der Waals surface area (Å²) in [5.41, 5.74) is 4.69. The van der Waals surface area contributed by atoms with Crippen molar-refractivity contribution in [2.24, 2.45) is 4.36 Å². The van der Waals surface area contributed by atoms with E-state index in [0.29, 0.717) is 5.69 Å². The van der Waals surface area contributed by atoms with Crippen molar-refractivity contribution in [3.8, 4) is 0 Å². The molecule has 0 aliphatic carbocycles. The van der Waals surface area contributed by atoms with Gasteiger partial charge in [0.25, 0.3) is 0 Å². The number of rotatable bonds is 5. The molecule has 7 heteroatoms. The molecule has 1 aromatic rings. The van der Waals surface area contributed by atoms with E-state index in [1.165, 1.54) is 0 Å². The third-order valence-electron chi connectivity index (χ3n) is 2.13. The van der Waals surface area contributed by atoms with Gasteiger partial charge in [-0.3, -0.25) is 9.63 Å². The van der Waals surface area contributed by atoms with Crippen molar-refractivity contribution < 1.29 is 13.8 Å². The van der Waals surface area contributed by atoms with E-state index in [0.717, 1.165) is 17.5 Å². The number of carbonyl (C=O) groups excluding carboxylic acids is 1. The van der Waals surface area contributed by atoms with Crippen molar-refractivity contribution in [1.29, 1.82) is 0 Å². The standard InChI is InChI=1S/C10H11IN2O3S/c1-2-7-4-3-5-9(13-17-15)8(7)6-16-12-10(11)14/h3-5H,2,6H2,1H3,(H,12,14).